The van der Waals surface area contributed by atoms with E-state index in [0.717, 1.165) is 0 Å². The molecule has 0 aliphatic rings. The number of primary amides is 1. The third-order valence-corrected chi connectivity index (χ3v) is 5.06. The molecule has 0 aromatic rings. The van der Waals surface area contributed by atoms with Crippen LogP contribution in [0.25, 0.3) is 0 Å². The summed E-state index contributed by atoms with van der Waals surface area (Å²) >= 11 is 3.88. The summed E-state index contributed by atoms with van der Waals surface area (Å²) in [5, 5.41) is 26.1. The van der Waals surface area contributed by atoms with Crippen molar-refractivity contribution < 1.29 is 34.2 Å². The molecular weight excluding hydrogens is 430 g/mol. The van der Waals surface area contributed by atoms with Crippen molar-refractivity contribution in [2.75, 3.05) is 5.75 Å². The number of aliphatic hydroxyl groups is 1. The first-order chi connectivity index (χ1) is 14.3. The van der Waals surface area contributed by atoms with Gasteiger partial charge in [-0.25, -0.2) is 4.79 Å². The maximum atomic E-state index is 12.7. The lowest BCUT2D eigenvalue weighted by atomic mass is 9.97. The highest BCUT2D eigenvalue weighted by Gasteiger charge is 2.34. The Kier molecular flexibility index (Phi) is 12.8. The van der Waals surface area contributed by atoms with Gasteiger partial charge >= 0.3 is 5.97 Å². The first-order valence-electron chi connectivity index (χ1n) is 9.82. The Morgan fingerprint density at radius 1 is 0.968 bits per heavy atom. The first-order valence-corrected chi connectivity index (χ1v) is 10.5. The third kappa shape index (κ3) is 9.98. The summed E-state index contributed by atoms with van der Waals surface area (Å²) in [5.41, 5.74) is 10.7. The van der Waals surface area contributed by atoms with E-state index in [-0.39, 0.29) is 24.5 Å². The zero-order valence-corrected chi connectivity index (χ0v) is 18.7. The van der Waals surface area contributed by atoms with Crippen LogP contribution in [-0.2, 0) is 24.0 Å². The fraction of sp³-hybridized carbons (Fsp3) is 0.722. The summed E-state index contributed by atoms with van der Waals surface area (Å²) in [6.07, 6.45) is -1.04. The fourth-order valence-corrected chi connectivity index (χ4v) is 2.73. The van der Waals surface area contributed by atoms with Gasteiger partial charge < -0.3 is 37.6 Å². The molecule has 0 spiro atoms. The average Bonchev–Trinajstić information content (AvgIpc) is 2.70. The highest BCUT2D eigenvalue weighted by molar-refractivity contribution is 7.80. The Morgan fingerprint density at radius 2 is 1.48 bits per heavy atom. The Bertz CT molecular complexity index is 661. The van der Waals surface area contributed by atoms with Crippen LogP contribution in [-0.4, -0.2) is 75.8 Å². The van der Waals surface area contributed by atoms with Crippen molar-refractivity contribution in [3.63, 3.8) is 0 Å². The standard InChI is InChI=1S/C18H33N5O7S/c1-4-8(2)13(16(27)21-11(7-31)18(29)30)22-17(28)14(9(3)24)23-15(26)10(19)5-6-12(20)25/h8-11,13-14,24,31H,4-7,19H2,1-3H3,(H2,20,25)(H,21,27)(H,22,28)(H,23,26)(H,29,30). The van der Waals surface area contributed by atoms with Crippen molar-refractivity contribution in [1.82, 2.24) is 16.0 Å². The van der Waals surface area contributed by atoms with Gasteiger partial charge in [-0.3, -0.25) is 19.2 Å². The largest absolute Gasteiger partial charge is 0.480 e. The molecule has 6 atom stereocenters. The molecule has 0 bridgehead atoms. The minimum absolute atomic E-state index is 0.0481. The minimum Gasteiger partial charge on any atom is -0.480 e. The minimum atomic E-state index is -1.44. The number of carboxylic acids is 1. The number of carbonyl (C=O) groups is 5. The lowest BCUT2D eigenvalue weighted by molar-refractivity contribution is -0.142. The van der Waals surface area contributed by atoms with E-state index in [1.807, 2.05) is 0 Å². The first kappa shape index (κ1) is 28.6. The lowest BCUT2D eigenvalue weighted by Crippen LogP contribution is -2.61. The lowest BCUT2D eigenvalue weighted by Gasteiger charge is -2.28. The van der Waals surface area contributed by atoms with Crippen LogP contribution in [0.4, 0.5) is 0 Å². The van der Waals surface area contributed by atoms with Crippen LogP contribution < -0.4 is 27.4 Å². The van der Waals surface area contributed by atoms with Gasteiger partial charge in [-0.05, 0) is 19.3 Å². The predicted octanol–water partition coefficient (Wildman–Crippen LogP) is -2.53. The Hall–Kier alpha value is -2.38. The van der Waals surface area contributed by atoms with Crippen LogP contribution in [0.5, 0.6) is 0 Å². The van der Waals surface area contributed by atoms with Crippen LogP contribution in [0.2, 0.25) is 0 Å². The molecule has 12 nitrogen and oxygen atoms in total. The summed E-state index contributed by atoms with van der Waals surface area (Å²) in [4.78, 5) is 59.5. The second-order valence-corrected chi connectivity index (χ2v) is 7.66. The van der Waals surface area contributed by atoms with E-state index < -0.39 is 59.9 Å². The number of aliphatic carboxylic acids is 1. The van der Waals surface area contributed by atoms with E-state index in [1.165, 1.54) is 6.92 Å². The zero-order chi connectivity index (χ0) is 24.3. The molecule has 0 saturated carbocycles. The van der Waals surface area contributed by atoms with Crippen LogP contribution in [0.1, 0.15) is 40.0 Å². The topological polar surface area (TPSA) is 214 Å². The molecule has 0 fully saturated rings. The van der Waals surface area contributed by atoms with Crippen molar-refractivity contribution in [3.05, 3.63) is 0 Å². The maximum absolute atomic E-state index is 12.7. The molecule has 0 aromatic carbocycles. The quantitative estimate of drug-likeness (QED) is 0.128. The molecule has 0 rings (SSSR count). The van der Waals surface area contributed by atoms with E-state index in [1.54, 1.807) is 13.8 Å². The molecule has 4 amide bonds. The van der Waals surface area contributed by atoms with Crippen molar-refractivity contribution in [2.45, 2.75) is 70.3 Å². The van der Waals surface area contributed by atoms with Gasteiger partial charge in [-0.1, -0.05) is 20.3 Å². The highest BCUT2D eigenvalue weighted by atomic mass is 32.1. The summed E-state index contributed by atoms with van der Waals surface area (Å²) in [6.45, 7) is 4.71. The van der Waals surface area contributed by atoms with Gasteiger partial charge in [0.15, 0.2) is 0 Å². The molecule has 0 aliphatic heterocycles. The molecule has 13 heteroatoms. The summed E-state index contributed by atoms with van der Waals surface area (Å²) in [7, 11) is 0. The van der Waals surface area contributed by atoms with Crippen molar-refractivity contribution in [3.8, 4) is 0 Å². The number of hydrogen-bond donors (Lipinski definition) is 8. The Labute approximate surface area is 186 Å². The van der Waals surface area contributed by atoms with Gasteiger partial charge in [0.2, 0.25) is 23.6 Å². The van der Waals surface area contributed by atoms with E-state index >= 15 is 0 Å². The fourth-order valence-electron chi connectivity index (χ4n) is 2.49. The molecule has 0 aromatic heterocycles. The summed E-state index contributed by atoms with van der Waals surface area (Å²) in [6, 6.07) is -4.95. The number of hydrogen-bond acceptors (Lipinski definition) is 8. The molecular formula is C18H33N5O7S. The predicted molar refractivity (Wildman–Crippen MR) is 115 cm³/mol. The molecule has 6 unspecified atom stereocenters. The van der Waals surface area contributed by atoms with Gasteiger partial charge in [0.1, 0.15) is 18.1 Å². The smallest absolute Gasteiger partial charge is 0.327 e. The van der Waals surface area contributed by atoms with Crippen LogP contribution >= 0.6 is 12.6 Å². The van der Waals surface area contributed by atoms with Crippen molar-refractivity contribution in [2.24, 2.45) is 17.4 Å². The number of carboxylic acid groups (broad SMARTS) is 1. The number of aliphatic hydroxyl groups excluding tert-OH is 1. The molecule has 178 valence electrons. The number of amides is 4. The third-order valence-electron chi connectivity index (χ3n) is 4.69. The zero-order valence-electron chi connectivity index (χ0n) is 17.8. The van der Waals surface area contributed by atoms with Crippen molar-refractivity contribution >= 4 is 42.2 Å². The SMILES string of the molecule is CCC(C)C(NC(=O)C(NC(=O)C(N)CCC(N)=O)C(C)O)C(=O)NC(CS)C(=O)O. The average molecular weight is 464 g/mol. The molecule has 0 saturated heterocycles. The maximum Gasteiger partial charge on any atom is 0.327 e. The molecule has 0 radical (unpaired) electrons. The Balaban J connectivity index is 5.36. The van der Waals surface area contributed by atoms with Gasteiger partial charge in [-0.15, -0.1) is 0 Å². The number of thiol groups is 1. The summed E-state index contributed by atoms with van der Waals surface area (Å²) < 4.78 is 0. The van der Waals surface area contributed by atoms with Gasteiger partial charge in [0.05, 0.1) is 12.1 Å². The van der Waals surface area contributed by atoms with Crippen LogP contribution in [0.15, 0.2) is 0 Å². The van der Waals surface area contributed by atoms with Crippen LogP contribution in [0.3, 0.4) is 0 Å². The number of nitrogens with two attached hydrogens (primary N) is 2. The van der Waals surface area contributed by atoms with E-state index in [9.17, 15) is 29.1 Å². The summed E-state index contributed by atoms with van der Waals surface area (Å²) in [5.74, 6) is -4.85. The van der Waals surface area contributed by atoms with E-state index in [0.29, 0.717) is 6.42 Å². The molecule has 0 aliphatic carbocycles. The highest BCUT2D eigenvalue weighted by Crippen LogP contribution is 2.10. The number of rotatable bonds is 14. The second-order valence-electron chi connectivity index (χ2n) is 7.29. The van der Waals surface area contributed by atoms with Crippen molar-refractivity contribution in [1.29, 1.82) is 0 Å². The number of carbonyl (C=O) groups excluding carboxylic acids is 4. The van der Waals surface area contributed by atoms with E-state index in [4.69, 9.17) is 16.6 Å². The Morgan fingerprint density at radius 3 is 1.90 bits per heavy atom. The van der Waals surface area contributed by atoms with Gasteiger partial charge in [-0.2, -0.15) is 12.6 Å². The molecule has 31 heavy (non-hydrogen) atoms. The van der Waals surface area contributed by atoms with E-state index in [2.05, 4.69) is 28.6 Å². The van der Waals surface area contributed by atoms with Gasteiger partial charge in [0.25, 0.3) is 0 Å². The van der Waals surface area contributed by atoms with Crippen LogP contribution in [0, 0.1) is 5.92 Å². The normalized spacial score (nSPS) is 16.7. The molecule has 0 heterocycles. The monoisotopic (exact) mass is 463 g/mol. The van der Waals surface area contributed by atoms with Gasteiger partial charge in [0, 0.05) is 12.2 Å². The molecule has 9 N–H and O–H groups in total. The number of nitrogens with one attached hydrogen (secondary N) is 3. The second kappa shape index (κ2) is 13.8.